The molecule has 0 unspecified atom stereocenters. The predicted molar refractivity (Wildman–Crippen MR) is 258 cm³/mol. The molecule has 0 fully saturated rings. The Morgan fingerprint density at radius 2 is 0.921 bits per heavy atom. The second kappa shape index (κ2) is 14.0. The maximum Gasteiger partial charge on any atom is 0.235 e. The van der Waals surface area contributed by atoms with E-state index in [1.807, 2.05) is 42.6 Å². The molecule has 13 aromatic rings. The van der Waals surface area contributed by atoms with E-state index in [1.54, 1.807) is 0 Å². The smallest absolute Gasteiger partial charge is 0.235 e. The lowest BCUT2D eigenvalue weighted by molar-refractivity contribution is 0.669. The molecular weight excluding hydrogens is 771 g/mol. The Labute approximate surface area is 361 Å². The largest absolute Gasteiger partial charge is 0.454 e. The molecule has 8 aromatic carbocycles. The van der Waals surface area contributed by atoms with Crippen LogP contribution in [0.15, 0.2) is 217 Å². The van der Waals surface area contributed by atoms with Gasteiger partial charge in [-0.25, -0.2) is 9.97 Å². The lowest BCUT2D eigenvalue weighted by Gasteiger charge is -2.12. The molecule has 0 aliphatic heterocycles. The van der Waals surface area contributed by atoms with E-state index in [2.05, 4.69) is 184 Å². The summed E-state index contributed by atoms with van der Waals surface area (Å²) < 4.78 is 10.9. The fourth-order valence-corrected chi connectivity index (χ4v) is 9.47. The van der Waals surface area contributed by atoms with Crippen LogP contribution in [0.1, 0.15) is 0 Å². The summed E-state index contributed by atoms with van der Waals surface area (Å²) in [6.07, 6.45) is 1.87. The zero-order valence-electron chi connectivity index (χ0n) is 33.9. The van der Waals surface area contributed by atoms with Crippen LogP contribution in [0.25, 0.3) is 122 Å². The van der Waals surface area contributed by atoms with Gasteiger partial charge in [-0.05, 0) is 83.4 Å². The Hall–Kier alpha value is -8.61. The molecule has 0 bridgehead atoms. The van der Waals surface area contributed by atoms with E-state index >= 15 is 0 Å². The molecule has 0 saturated heterocycles. The van der Waals surface area contributed by atoms with Crippen LogP contribution in [-0.2, 0) is 0 Å². The van der Waals surface area contributed by atoms with Gasteiger partial charge in [-0.15, -0.1) is 0 Å². The third kappa shape index (κ3) is 5.62. The van der Waals surface area contributed by atoms with Gasteiger partial charge in [-0.1, -0.05) is 140 Å². The van der Waals surface area contributed by atoms with Gasteiger partial charge in [-0.2, -0.15) is 0 Å². The molecule has 294 valence electrons. The second-order valence-corrected chi connectivity index (χ2v) is 16.0. The molecule has 6 nitrogen and oxygen atoms in total. The summed E-state index contributed by atoms with van der Waals surface area (Å²) in [6, 6.07) is 72.6. The molecule has 5 heterocycles. The fourth-order valence-electron chi connectivity index (χ4n) is 9.47. The van der Waals surface area contributed by atoms with E-state index in [9.17, 15) is 0 Å². The molecule has 0 spiro atoms. The minimum absolute atomic E-state index is 0.633. The minimum Gasteiger partial charge on any atom is -0.454 e. The molecule has 0 atom stereocenters. The normalized spacial score (nSPS) is 11.8. The summed E-state index contributed by atoms with van der Waals surface area (Å²) in [6.45, 7) is 0. The van der Waals surface area contributed by atoms with Crippen molar-refractivity contribution in [1.82, 2.24) is 24.1 Å². The topological polar surface area (TPSA) is 61.7 Å². The first kappa shape index (κ1) is 35.2. The highest BCUT2D eigenvalue weighted by Gasteiger charge is 2.20. The summed E-state index contributed by atoms with van der Waals surface area (Å²) in [5, 5.41) is 5.73. The summed E-state index contributed by atoms with van der Waals surface area (Å²) in [5.74, 6) is 0.633. The highest BCUT2D eigenvalue weighted by atomic mass is 16.3. The zero-order valence-corrected chi connectivity index (χ0v) is 33.9. The van der Waals surface area contributed by atoms with E-state index in [0.29, 0.717) is 5.95 Å². The second-order valence-electron chi connectivity index (χ2n) is 16.0. The fraction of sp³-hybridized carbons (Fsp3) is 0. The predicted octanol–water partition coefficient (Wildman–Crippen LogP) is 14.6. The van der Waals surface area contributed by atoms with Crippen molar-refractivity contribution in [3.05, 3.63) is 212 Å². The minimum atomic E-state index is 0.633. The van der Waals surface area contributed by atoms with Gasteiger partial charge in [-0.3, -0.25) is 9.55 Å². The summed E-state index contributed by atoms with van der Waals surface area (Å²) in [7, 11) is 0. The highest BCUT2D eigenvalue weighted by molar-refractivity contribution is 6.13. The average Bonchev–Trinajstić information content (AvgIpc) is 4.02. The standard InChI is InChI=1S/C57H35N5O/c1-3-13-37(14-4-1)48-35-49(38-15-5-2-6-16-38)60-57(59-48)62-51-21-11-7-17-43(51)45-29-25-40(34-53(45)62)39-26-30-52-47(33-39)44-18-8-10-20-50(44)61(52)41-27-23-36(24-28-41)42-31-32-58-55-46-19-9-12-22-54(46)63-56(42)55/h1-35H. The van der Waals surface area contributed by atoms with Crippen LogP contribution in [0.3, 0.4) is 0 Å². The van der Waals surface area contributed by atoms with Gasteiger partial charge in [0.1, 0.15) is 11.1 Å². The maximum absolute atomic E-state index is 6.34. The third-order valence-electron chi connectivity index (χ3n) is 12.4. The number of benzene rings is 8. The molecule has 0 saturated carbocycles. The van der Waals surface area contributed by atoms with Crippen LogP contribution in [0.4, 0.5) is 0 Å². The third-order valence-corrected chi connectivity index (χ3v) is 12.4. The molecule has 6 heteroatoms. The summed E-state index contributed by atoms with van der Waals surface area (Å²) in [4.78, 5) is 15.2. The van der Waals surface area contributed by atoms with Crippen LogP contribution in [0, 0.1) is 0 Å². The van der Waals surface area contributed by atoms with E-state index in [4.69, 9.17) is 14.4 Å². The molecule has 0 N–H and O–H groups in total. The Morgan fingerprint density at radius 1 is 0.365 bits per heavy atom. The number of aromatic nitrogens is 5. The number of pyridine rings is 1. The van der Waals surface area contributed by atoms with Crippen molar-refractivity contribution in [2.75, 3.05) is 0 Å². The molecule has 63 heavy (non-hydrogen) atoms. The molecule has 0 amide bonds. The van der Waals surface area contributed by atoms with E-state index in [0.717, 1.165) is 105 Å². The highest BCUT2D eigenvalue weighted by Crippen LogP contribution is 2.40. The Morgan fingerprint density at radius 3 is 1.65 bits per heavy atom. The summed E-state index contributed by atoms with van der Waals surface area (Å²) in [5.41, 5.74) is 16.2. The molecule has 0 aliphatic carbocycles. The molecule has 0 radical (unpaired) electrons. The number of para-hydroxylation sites is 3. The monoisotopic (exact) mass is 805 g/mol. The first-order valence-corrected chi connectivity index (χ1v) is 21.2. The van der Waals surface area contributed by atoms with Crippen molar-refractivity contribution in [3.63, 3.8) is 0 Å². The Balaban J connectivity index is 0.946. The van der Waals surface area contributed by atoms with Crippen molar-refractivity contribution in [2.45, 2.75) is 0 Å². The molecular formula is C57H35N5O. The maximum atomic E-state index is 6.34. The SMILES string of the molecule is c1ccc(-c2cc(-c3ccccc3)nc(-n3c4ccccc4c4ccc(-c5ccc6c(c5)c5ccccc5n6-c5ccc(-c6ccnc7c6oc6ccccc67)cc5)cc43)n2)cc1. The van der Waals surface area contributed by atoms with Crippen LogP contribution in [0.5, 0.6) is 0 Å². The van der Waals surface area contributed by atoms with Crippen molar-refractivity contribution < 1.29 is 4.42 Å². The number of fused-ring (bicyclic) bond motifs is 9. The molecule has 0 aliphatic rings. The van der Waals surface area contributed by atoms with Gasteiger partial charge in [0.25, 0.3) is 0 Å². The number of furan rings is 1. The van der Waals surface area contributed by atoms with Crippen molar-refractivity contribution in [2.24, 2.45) is 0 Å². The zero-order chi connectivity index (χ0) is 41.4. The lowest BCUT2D eigenvalue weighted by atomic mass is 10.0. The molecule has 13 rings (SSSR count). The van der Waals surface area contributed by atoms with Crippen LogP contribution < -0.4 is 0 Å². The van der Waals surface area contributed by atoms with E-state index in [1.165, 1.54) is 10.8 Å². The van der Waals surface area contributed by atoms with Gasteiger partial charge in [0.05, 0.1) is 33.5 Å². The number of hydrogen-bond donors (Lipinski definition) is 0. The Kier molecular flexibility index (Phi) is 7.80. The lowest BCUT2D eigenvalue weighted by Crippen LogP contribution is -2.04. The summed E-state index contributed by atoms with van der Waals surface area (Å²) >= 11 is 0. The number of hydrogen-bond acceptors (Lipinski definition) is 4. The van der Waals surface area contributed by atoms with Gasteiger partial charge in [0, 0.05) is 55.5 Å². The van der Waals surface area contributed by atoms with Gasteiger partial charge >= 0.3 is 0 Å². The van der Waals surface area contributed by atoms with Crippen molar-refractivity contribution in [1.29, 1.82) is 0 Å². The van der Waals surface area contributed by atoms with Crippen molar-refractivity contribution >= 4 is 65.7 Å². The first-order valence-electron chi connectivity index (χ1n) is 21.2. The van der Waals surface area contributed by atoms with Gasteiger partial charge in [0.2, 0.25) is 5.95 Å². The average molecular weight is 806 g/mol. The van der Waals surface area contributed by atoms with Crippen LogP contribution in [0.2, 0.25) is 0 Å². The number of rotatable bonds is 6. The number of nitrogens with zero attached hydrogens (tertiary/aromatic N) is 5. The van der Waals surface area contributed by atoms with Crippen LogP contribution >= 0.6 is 0 Å². The molecule has 5 aromatic heterocycles. The van der Waals surface area contributed by atoms with E-state index in [-0.39, 0.29) is 0 Å². The van der Waals surface area contributed by atoms with E-state index < -0.39 is 0 Å². The Bertz CT molecular complexity index is 3840. The van der Waals surface area contributed by atoms with Gasteiger partial charge < -0.3 is 8.98 Å². The first-order chi connectivity index (χ1) is 31.2. The van der Waals surface area contributed by atoms with Crippen LogP contribution in [-0.4, -0.2) is 24.1 Å². The quantitative estimate of drug-likeness (QED) is 0.168. The van der Waals surface area contributed by atoms with Crippen molar-refractivity contribution in [3.8, 4) is 56.4 Å². The van der Waals surface area contributed by atoms with Gasteiger partial charge in [0.15, 0.2) is 5.58 Å².